The zero-order chi connectivity index (χ0) is 19.8. The number of hydrogen-bond donors (Lipinski definition) is 1. The molecule has 1 amide bonds. The van der Waals surface area contributed by atoms with Crippen molar-refractivity contribution in [1.29, 1.82) is 0 Å². The highest BCUT2D eigenvalue weighted by Crippen LogP contribution is 2.25. The number of carbonyl (C=O) groups is 1. The highest BCUT2D eigenvalue weighted by atomic mass is 32.1. The van der Waals surface area contributed by atoms with Crippen LogP contribution in [0.15, 0.2) is 66.3 Å². The van der Waals surface area contributed by atoms with Gasteiger partial charge in [-0.2, -0.15) is 10.1 Å². The van der Waals surface area contributed by atoms with Crippen molar-refractivity contribution in [3.8, 4) is 17.1 Å². The van der Waals surface area contributed by atoms with Gasteiger partial charge in [-0.15, -0.1) is 16.4 Å². The molecule has 1 N–H and O–H groups in total. The minimum Gasteiger partial charge on any atom is -0.289 e. The van der Waals surface area contributed by atoms with Gasteiger partial charge in [0.2, 0.25) is 4.96 Å². The Kier molecular flexibility index (Phi) is 4.14. The molecule has 0 fully saturated rings. The van der Waals surface area contributed by atoms with Crippen LogP contribution in [0.1, 0.15) is 16.1 Å². The molecule has 0 aliphatic heterocycles. The third kappa shape index (κ3) is 3.07. The van der Waals surface area contributed by atoms with Crippen molar-refractivity contribution in [1.82, 2.24) is 29.4 Å². The van der Waals surface area contributed by atoms with Crippen LogP contribution >= 0.6 is 11.3 Å². The second-order valence-electron chi connectivity index (χ2n) is 6.31. The number of nitrogens with zero attached hydrogens (tertiary/aromatic N) is 6. The van der Waals surface area contributed by atoms with E-state index < -0.39 is 0 Å². The lowest BCUT2D eigenvalue weighted by atomic mass is 10.2. The molecule has 0 unspecified atom stereocenters. The van der Waals surface area contributed by atoms with Gasteiger partial charge in [-0.3, -0.25) is 10.1 Å². The Morgan fingerprint density at radius 3 is 2.72 bits per heavy atom. The monoisotopic (exact) mass is 401 g/mol. The van der Waals surface area contributed by atoms with Crippen LogP contribution < -0.4 is 5.32 Å². The number of rotatable bonds is 4. The molecule has 29 heavy (non-hydrogen) atoms. The molecular formula is C20H15N7OS. The van der Waals surface area contributed by atoms with Crippen LogP contribution in [0, 0.1) is 6.92 Å². The van der Waals surface area contributed by atoms with Gasteiger partial charge in [0.05, 0.1) is 23.1 Å². The van der Waals surface area contributed by atoms with Crippen molar-refractivity contribution in [3.63, 3.8) is 0 Å². The zero-order valence-electron chi connectivity index (χ0n) is 15.4. The Balaban J connectivity index is 1.42. The Hall–Kier alpha value is -3.85. The number of amides is 1. The SMILES string of the molecule is Cc1c(C(=O)Nc2nc3scc(-c4ccccc4)n3n2)cnn1-c1ccccn1. The normalized spacial score (nSPS) is 11.1. The zero-order valence-corrected chi connectivity index (χ0v) is 16.2. The molecule has 0 spiro atoms. The van der Waals surface area contributed by atoms with Gasteiger partial charge in [-0.05, 0) is 19.1 Å². The van der Waals surface area contributed by atoms with Crippen LogP contribution in [-0.4, -0.2) is 35.3 Å². The number of thiazole rings is 1. The molecule has 4 heterocycles. The number of carbonyl (C=O) groups excluding carboxylic acids is 1. The lowest BCUT2D eigenvalue weighted by Crippen LogP contribution is -2.14. The summed E-state index contributed by atoms with van der Waals surface area (Å²) in [5.74, 6) is 0.588. The van der Waals surface area contributed by atoms with Crippen LogP contribution in [0.5, 0.6) is 0 Å². The molecule has 1 aromatic carbocycles. The van der Waals surface area contributed by atoms with E-state index in [9.17, 15) is 4.79 Å². The standard InChI is InChI=1S/C20H15N7OS/c1-13-15(11-22-26(13)17-9-5-6-10-21-17)18(28)23-19-24-20-27(25-19)16(12-29-20)14-7-3-2-4-8-14/h2-12H,1H3,(H,23,25,28). The van der Waals surface area contributed by atoms with E-state index in [1.165, 1.54) is 17.5 Å². The van der Waals surface area contributed by atoms with Gasteiger partial charge in [0.1, 0.15) is 0 Å². The lowest BCUT2D eigenvalue weighted by Gasteiger charge is -2.04. The smallest absolute Gasteiger partial charge is 0.261 e. The molecule has 0 saturated heterocycles. The molecule has 0 aliphatic rings. The third-order valence-corrected chi connectivity index (χ3v) is 5.31. The Morgan fingerprint density at radius 1 is 1.10 bits per heavy atom. The van der Waals surface area contributed by atoms with E-state index in [4.69, 9.17) is 0 Å². The number of aromatic nitrogens is 6. The van der Waals surface area contributed by atoms with Gasteiger partial charge < -0.3 is 0 Å². The summed E-state index contributed by atoms with van der Waals surface area (Å²) in [6, 6.07) is 15.5. The molecule has 0 saturated carbocycles. The van der Waals surface area contributed by atoms with Gasteiger partial charge >= 0.3 is 0 Å². The molecule has 8 nitrogen and oxygen atoms in total. The predicted octanol–water partition coefficient (Wildman–Crippen LogP) is 3.60. The second-order valence-corrected chi connectivity index (χ2v) is 7.15. The summed E-state index contributed by atoms with van der Waals surface area (Å²) < 4.78 is 3.36. The van der Waals surface area contributed by atoms with E-state index in [1.807, 2.05) is 60.8 Å². The largest absolute Gasteiger partial charge is 0.289 e. The summed E-state index contributed by atoms with van der Waals surface area (Å²) in [5.41, 5.74) is 3.09. The molecule has 0 aliphatic carbocycles. The summed E-state index contributed by atoms with van der Waals surface area (Å²) in [7, 11) is 0. The van der Waals surface area contributed by atoms with E-state index in [-0.39, 0.29) is 11.9 Å². The summed E-state index contributed by atoms with van der Waals surface area (Å²) >= 11 is 1.47. The molecule has 4 aromatic heterocycles. The van der Waals surface area contributed by atoms with Gasteiger partial charge in [0.15, 0.2) is 5.82 Å². The van der Waals surface area contributed by atoms with Crippen LogP contribution in [0.3, 0.4) is 0 Å². The molecule has 0 radical (unpaired) electrons. The molecular weight excluding hydrogens is 386 g/mol. The first-order valence-corrected chi connectivity index (χ1v) is 9.76. The van der Waals surface area contributed by atoms with Gasteiger partial charge in [0, 0.05) is 17.1 Å². The van der Waals surface area contributed by atoms with E-state index in [0.29, 0.717) is 22.0 Å². The summed E-state index contributed by atoms with van der Waals surface area (Å²) in [4.78, 5) is 22.2. The van der Waals surface area contributed by atoms with Gasteiger partial charge in [-0.25, -0.2) is 14.2 Å². The maximum absolute atomic E-state index is 12.8. The van der Waals surface area contributed by atoms with E-state index in [1.54, 1.807) is 15.4 Å². The fourth-order valence-corrected chi connectivity index (χ4v) is 3.88. The first kappa shape index (κ1) is 17.3. The number of fused-ring (bicyclic) bond motifs is 1. The number of pyridine rings is 1. The molecule has 5 rings (SSSR count). The first-order chi connectivity index (χ1) is 14.2. The van der Waals surface area contributed by atoms with Crippen LogP contribution in [-0.2, 0) is 0 Å². The lowest BCUT2D eigenvalue weighted by molar-refractivity contribution is 0.102. The fraction of sp³-hybridized carbons (Fsp3) is 0.0500. The highest BCUT2D eigenvalue weighted by molar-refractivity contribution is 7.15. The molecule has 0 atom stereocenters. The summed E-state index contributed by atoms with van der Waals surface area (Å²) in [6.45, 7) is 1.82. The van der Waals surface area contributed by atoms with E-state index >= 15 is 0 Å². The molecule has 5 aromatic rings. The maximum atomic E-state index is 12.8. The van der Waals surface area contributed by atoms with Crippen molar-refractivity contribution in [2.24, 2.45) is 0 Å². The number of hydrogen-bond acceptors (Lipinski definition) is 6. The number of benzene rings is 1. The van der Waals surface area contributed by atoms with Crippen LogP contribution in [0.4, 0.5) is 5.95 Å². The minimum atomic E-state index is -0.316. The average Bonchev–Trinajstić information content (AvgIpc) is 3.43. The van der Waals surface area contributed by atoms with Crippen LogP contribution in [0.2, 0.25) is 0 Å². The molecule has 9 heteroatoms. The summed E-state index contributed by atoms with van der Waals surface area (Å²) in [5, 5.41) is 13.5. The third-order valence-electron chi connectivity index (χ3n) is 4.50. The van der Waals surface area contributed by atoms with Crippen molar-refractivity contribution in [3.05, 3.63) is 77.6 Å². The van der Waals surface area contributed by atoms with Gasteiger partial charge in [-0.1, -0.05) is 36.4 Å². The predicted molar refractivity (Wildman–Crippen MR) is 110 cm³/mol. The van der Waals surface area contributed by atoms with E-state index in [2.05, 4.69) is 25.5 Å². The van der Waals surface area contributed by atoms with Crippen LogP contribution in [0.25, 0.3) is 22.0 Å². The Labute approximate surface area is 169 Å². The van der Waals surface area contributed by atoms with Crippen molar-refractivity contribution < 1.29 is 4.79 Å². The fourth-order valence-electron chi connectivity index (χ4n) is 3.05. The summed E-state index contributed by atoms with van der Waals surface area (Å²) in [6.07, 6.45) is 3.20. The molecule has 142 valence electrons. The average molecular weight is 401 g/mol. The Morgan fingerprint density at radius 2 is 1.93 bits per heavy atom. The maximum Gasteiger partial charge on any atom is 0.261 e. The van der Waals surface area contributed by atoms with E-state index in [0.717, 1.165) is 11.3 Å². The highest BCUT2D eigenvalue weighted by Gasteiger charge is 2.18. The topological polar surface area (TPSA) is 90.0 Å². The van der Waals surface area contributed by atoms with Crippen molar-refractivity contribution in [2.45, 2.75) is 6.92 Å². The van der Waals surface area contributed by atoms with Gasteiger partial charge in [0.25, 0.3) is 11.9 Å². The van der Waals surface area contributed by atoms with Crippen molar-refractivity contribution in [2.75, 3.05) is 5.32 Å². The number of anilines is 1. The second kappa shape index (κ2) is 6.95. The van der Waals surface area contributed by atoms with Crippen molar-refractivity contribution >= 4 is 28.2 Å². The Bertz CT molecular complexity index is 1300. The number of nitrogens with one attached hydrogen (secondary N) is 1. The molecule has 0 bridgehead atoms. The first-order valence-electron chi connectivity index (χ1n) is 8.88. The quantitative estimate of drug-likeness (QED) is 0.497. The minimum absolute atomic E-state index is 0.254.